The van der Waals surface area contributed by atoms with Crippen LogP contribution >= 0.6 is 0 Å². The highest BCUT2D eigenvalue weighted by Gasteiger charge is 2.36. The molecule has 1 unspecified atom stereocenters. The minimum atomic E-state index is -0.440. The second kappa shape index (κ2) is 9.93. The van der Waals surface area contributed by atoms with Crippen LogP contribution in [0.15, 0.2) is 77.0 Å². The van der Waals surface area contributed by atoms with Gasteiger partial charge in [-0.15, -0.1) is 0 Å². The Morgan fingerprint density at radius 3 is 2.27 bits per heavy atom. The zero-order chi connectivity index (χ0) is 26.1. The molecule has 4 aromatic rings. The first-order chi connectivity index (χ1) is 17.9. The van der Waals surface area contributed by atoms with Crippen molar-refractivity contribution in [3.05, 3.63) is 101 Å². The number of benzene rings is 3. The van der Waals surface area contributed by atoms with Crippen LogP contribution in [-0.2, 0) is 6.42 Å². The monoisotopic (exact) mass is 494 g/mol. The number of hydrogen-bond donors (Lipinski definition) is 1. The number of carbonyl (C=O) groups is 1. The van der Waals surface area contributed by atoms with E-state index in [0.717, 1.165) is 51.4 Å². The molecule has 1 aliphatic heterocycles. The lowest BCUT2D eigenvalue weighted by Gasteiger charge is -2.35. The molecule has 0 aliphatic carbocycles. The number of amides is 2. The van der Waals surface area contributed by atoms with Crippen molar-refractivity contribution < 1.29 is 14.1 Å². The van der Waals surface area contributed by atoms with Gasteiger partial charge >= 0.3 is 6.03 Å². The van der Waals surface area contributed by atoms with Gasteiger partial charge in [0.15, 0.2) is 0 Å². The van der Waals surface area contributed by atoms with Crippen LogP contribution in [0.4, 0.5) is 10.5 Å². The molecule has 1 aromatic heterocycles. The van der Waals surface area contributed by atoms with E-state index in [-0.39, 0.29) is 6.03 Å². The molecule has 5 rings (SSSR count). The molecule has 1 aliphatic rings. The van der Waals surface area contributed by atoms with Crippen LogP contribution in [0.1, 0.15) is 48.0 Å². The van der Waals surface area contributed by atoms with Gasteiger partial charge in [-0.1, -0.05) is 42.4 Å². The molecule has 7 nitrogen and oxygen atoms in total. The van der Waals surface area contributed by atoms with Crippen LogP contribution in [0, 0.1) is 13.8 Å². The number of anilines is 1. The summed E-state index contributed by atoms with van der Waals surface area (Å²) in [5.41, 5.74) is 7.43. The molecular formula is C30H30N4O3. The number of aromatic nitrogens is 2. The molecule has 0 radical (unpaired) electrons. The molecule has 0 saturated carbocycles. The van der Waals surface area contributed by atoms with E-state index in [9.17, 15) is 4.79 Å². The summed E-state index contributed by atoms with van der Waals surface area (Å²) < 4.78 is 11.1. The van der Waals surface area contributed by atoms with Crippen LogP contribution < -0.4 is 15.0 Å². The van der Waals surface area contributed by atoms with Gasteiger partial charge in [-0.05, 0) is 85.8 Å². The van der Waals surface area contributed by atoms with Gasteiger partial charge in [0.1, 0.15) is 5.75 Å². The van der Waals surface area contributed by atoms with Gasteiger partial charge in [0.05, 0.1) is 24.4 Å². The van der Waals surface area contributed by atoms with Crippen molar-refractivity contribution in [1.29, 1.82) is 0 Å². The minimum absolute atomic E-state index is 0.203. The second-order valence-corrected chi connectivity index (χ2v) is 9.31. The zero-order valence-corrected chi connectivity index (χ0v) is 21.7. The summed E-state index contributed by atoms with van der Waals surface area (Å²) in [5, 5.41) is 7.45. The summed E-state index contributed by atoms with van der Waals surface area (Å²) >= 11 is 0. The first kappa shape index (κ1) is 24.3. The minimum Gasteiger partial charge on any atom is -0.497 e. The van der Waals surface area contributed by atoms with Crippen molar-refractivity contribution in [3.8, 4) is 17.1 Å². The standard InChI is InChI=1S/C30H30N4O3/c1-6-21-7-9-22(10-8-21)27-26(29-32-28(33-37-29)23-11-13-25(36-5)14-12-23)20(4)34(30(35)31-27)24-16-18(2)15-19(3)17-24/h7-17,27H,6H2,1-5H3,(H,31,35). The number of allylic oxidation sites excluding steroid dienone is 1. The Labute approximate surface area is 216 Å². The molecule has 37 heavy (non-hydrogen) atoms. The number of urea groups is 1. The topological polar surface area (TPSA) is 80.5 Å². The SMILES string of the molecule is CCc1ccc(C2NC(=O)N(c3cc(C)cc(C)c3)C(C)=C2c2nc(-c3ccc(OC)cc3)no2)cc1. The van der Waals surface area contributed by atoms with Gasteiger partial charge in [0.2, 0.25) is 5.82 Å². The predicted octanol–water partition coefficient (Wildman–Crippen LogP) is 6.63. The van der Waals surface area contributed by atoms with E-state index in [2.05, 4.69) is 35.6 Å². The van der Waals surface area contributed by atoms with Crippen LogP contribution in [0.5, 0.6) is 5.75 Å². The van der Waals surface area contributed by atoms with Crippen molar-refractivity contribution in [2.24, 2.45) is 0 Å². The van der Waals surface area contributed by atoms with Gasteiger partial charge in [-0.2, -0.15) is 4.98 Å². The lowest BCUT2D eigenvalue weighted by Crippen LogP contribution is -2.46. The highest BCUT2D eigenvalue weighted by molar-refractivity contribution is 6.01. The van der Waals surface area contributed by atoms with Crippen molar-refractivity contribution in [1.82, 2.24) is 15.5 Å². The fraction of sp³-hybridized carbons (Fsp3) is 0.233. The molecular weight excluding hydrogens is 464 g/mol. The highest BCUT2D eigenvalue weighted by atomic mass is 16.5. The smallest absolute Gasteiger partial charge is 0.326 e. The quantitative estimate of drug-likeness (QED) is 0.326. The van der Waals surface area contributed by atoms with E-state index in [1.165, 1.54) is 5.56 Å². The van der Waals surface area contributed by atoms with Crippen molar-refractivity contribution in [2.75, 3.05) is 12.0 Å². The molecule has 1 atom stereocenters. The zero-order valence-electron chi connectivity index (χ0n) is 21.7. The Bertz CT molecular complexity index is 1450. The summed E-state index contributed by atoms with van der Waals surface area (Å²) in [7, 11) is 1.63. The number of ether oxygens (including phenoxy) is 1. The molecule has 7 heteroatoms. The number of nitrogens with zero attached hydrogens (tertiary/aromatic N) is 3. The Balaban J connectivity index is 1.64. The maximum absolute atomic E-state index is 13.5. The van der Waals surface area contributed by atoms with Gasteiger partial charge in [0.25, 0.3) is 5.89 Å². The predicted molar refractivity (Wildman–Crippen MR) is 144 cm³/mol. The van der Waals surface area contributed by atoms with E-state index in [4.69, 9.17) is 14.2 Å². The van der Waals surface area contributed by atoms with E-state index in [1.807, 2.05) is 69.3 Å². The summed E-state index contributed by atoms with van der Waals surface area (Å²) in [6.07, 6.45) is 0.939. The molecule has 3 aromatic carbocycles. The Morgan fingerprint density at radius 2 is 1.65 bits per heavy atom. The number of hydrogen-bond acceptors (Lipinski definition) is 5. The third kappa shape index (κ3) is 4.72. The molecule has 0 fully saturated rings. The summed E-state index contributed by atoms with van der Waals surface area (Å²) in [4.78, 5) is 19.9. The molecule has 188 valence electrons. The molecule has 0 bridgehead atoms. The normalized spacial score (nSPS) is 15.6. The van der Waals surface area contributed by atoms with E-state index in [1.54, 1.807) is 12.0 Å². The van der Waals surface area contributed by atoms with Gasteiger partial charge < -0.3 is 14.6 Å². The summed E-state index contributed by atoms with van der Waals surface area (Å²) in [5.74, 6) is 1.58. The first-order valence-electron chi connectivity index (χ1n) is 12.3. The number of carbonyl (C=O) groups excluding carboxylic acids is 1. The summed E-state index contributed by atoms with van der Waals surface area (Å²) in [6.45, 7) is 8.09. The number of rotatable bonds is 6. The van der Waals surface area contributed by atoms with E-state index in [0.29, 0.717) is 11.7 Å². The van der Waals surface area contributed by atoms with Gasteiger partial charge in [0, 0.05) is 11.3 Å². The first-order valence-corrected chi connectivity index (χ1v) is 12.3. The van der Waals surface area contributed by atoms with Gasteiger partial charge in [-0.25, -0.2) is 4.79 Å². The fourth-order valence-electron chi connectivity index (χ4n) is 4.80. The average Bonchev–Trinajstić information content (AvgIpc) is 3.37. The third-order valence-electron chi connectivity index (χ3n) is 6.68. The maximum atomic E-state index is 13.5. The van der Waals surface area contributed by atoms with Crippen LogP contribution in [0.3, 0.4) is 0 Å². The Hall–Kier alpha value is -4.39. The lowest BCUT2D eigenvalue weighted by atomic mass is 9.93. The maximum Gasteiger partial charge on any atom is 0.326 e. The number of nitrogens with one attached hydrogen (secondary N) is 1. The molecule has 2 heterocycles. The Kier molecular flexibility index (Phi) is 6.53. The molecule has 0 saturated heterocycles. The van der Waals surface area contributed by atoms with Crippen molar-refractivity contribution >= 4 is 17.3 Å². The number of aryl methyl sites for hydroxylation is 3. The third-order valence-corrected chi connectivity index (χ3v) is 6.68. The van der Waals surface area contributed by atoms with E-state index < -0.39 is 6.04 Å². The lowest BCUT2D eigenvalue weighted by molar-refractivity contribution is 0.244. The van der Waals surface area contributed by atoms with Crippen molar-refractivity contribution in [2.45, 2.75) is 40.2 Å². The van der Waals surface area contributed by atoms with Gasteiger partial charge in [-0.3, -0.25) is 4.90 Å². The van der Waals surface area contributed by atoms with Crippen LogP contribution in [0.2, 0.25) is 0 Å². The average molecular weight is 495 g/mol. The molecule has 2 amide bonds. The van der Waals surface area contributed by atoms with Crippen LogP contribution in [-0.4, -0.2) is 23.3 Å². The van der Waals surface area contributed by atoms with E-state index >= 15 is 0 Å². The fourth-order valence-corrected chi connectivity index (χ4v) is 4.80. The largest absolute Gasteiger partial charge is 0.497 e. The molecule has 0 spiro atoms. The Morgan fingerprint density at radius 1 is 0.973 bits per heavy atom. The number of methoxy groups -OCH3 is 1. The highest BCUT2D eigenvalue weighted by Crippen LogP contribution is 2.39. The van der Waals surface area contributed by atoms with Crippen LogP contribution in [0.25, 0.3) is 17.0 Å². The van der Waals surface area contributed by atoms with Crippen molar-refractivity contribution in [3.63, 3.8) is 0 Å². The second-order valence-electron chi connectivity index (χ2n) is 9.31. The molecule has 1 N–H and O–H groups in total. The summed E-state index contributed by atoms with van der Waals surface area (Å²) in [6, 6.07) is 21.2.